The summed E-state index contributed by atoms with van der Waals surface area (Å²) in [7, 11) is 0. The highest BCUT2D eigenvalue weighted by atomic mass is 79.9. The standard InChI is InChI=1S/C14H12BrN3/c1-9-6-12(15)7-10(2)13(9)18-14-11(8-16)4-3-5-17-14/h3-7H,1-2H3,(H,17,18). The predicted octanol–water partition coefficient (Wildman–Crippen LogP) is 4.08. The van der Waals surface area contributed by atoms with Crippen molar-refractivity contribution in [2.24, 2.45) is 0 Å². The minimum Gasteiger partial charge on any atom is -0.339 e. The van der Waals surface area contributed by atoms with Crippen LogP contribution < -0.4 is 5.32 Å². The molecule has 0 atom stereocenters. The van der Waals surface area contributed by atoms with Crippen LogP contribution in [0.4, 0.5) is 11.5 Å². The van der Waals surface area contributed by atoms with Gasteiger partial charge in [-0.15, -0.1) is 0 Å². The first-order chi connectivity index (χ1) is 8.61. The zero-order valence-corrected chi connectivity index (χ0v) is 11.7. The van der Waals surface area contributed by atoms with Crippen LogP contribution in [0.1, 0.15) is 16.7 Å². The molecule has 18 heavy (non-hydrogen) atoms. The number of hydrogen-bond donors (Lipinski definition) is 1. The number of halogens is 1. The summed E-state index contributed by atoms with van der Waals surface area (Å²) in [5.74, 6) is 0.591. The Hall–Kier alpha value is -1.86. The first kappa shape index (κ1) is 12.6. The van der Waals surface area contributed by atoms with Crippen LogP contribution in [0, 0.1) is 25.2 Å². The summed E-state index contributed by atoms with van der Waals surface area (Å²) >= 11 is 3.46. The van der Waals surface area contributed by atoms with Crippen molar-refractivity contribution in [2.45, 2.75) is 13.8 Å². The zero-order chi connectivity index (χ0) is 13.1. The van der Waals surface area contributed by atoms with Gasteiger partial charge < -0.3 is 5.32 Å². The fraction of sp³-hybridized carbons (Fsp3) is 0.143. The van der Waals surface area contributed by atoms with Crippen molar-refractivity contribution in [3.05, 3.63) is 51.6 Å². The number of benzene rings is 1. The van der Waals surface area contributed by atoms with Gasteiger partial charge in [-0.25, -0.2) is 4.98 Å². The number of hydrogen-bond acceptors (Lipinski definition) is 3. The Labute approximate surface area is 115 Å². The van der Waals surface area contributed by atoms with Crippen LogP contribution in [-0.2, 0) is 0 Å². The molecular formula is C14H12BrN3. The number of anilines is 2. The molecule has 1 aromatic heterocycles. The molecule has 0 bridgehead atoms. The number of aromatic nitrogens is 1. The van der Waals surface area contributed by atoms with E-state index in [1.54, 1.807) is 18.3 Å². The van der Waals surface area contributed by atoms with Gasteiger partial charge in [-0.05, 0) is 49.2 Å². The average molecular weight is 302 g/mol. The number of rotatable bonds is 2. The lowest BCUT2D eigenvalue weighted by molar-refractivity contribution is 1.26. The van der Waals surface area contributed by atoms with Gasteiger partial charge >= 0.3 is 0 Å². The molecule has 2 rings (SSSR count). The van der Waals surface area contributed by atoms with E-state index in [-0.39, 0.29) is 0 Å². The third-order valence-corrected chi connectivity index (χ3v) is 3.13. The van der Waals surface area contributed by atoms with E-state index in [1.807, 2.05) is 26.0 Å². The molecule has 1 N–H and O–H groups in total. The summed E-state index contributed by atoms with van der Waals surface area (Å²) in [5, 5.41) is 12.3. The Kier molecular flexibility index (Phi) is 3.63. The maximum Gasteiger partial charge on any atom is 0.148 e. The molecule has 0 unspecified atom stereocenters. The normalized spacial score (nSPS) is 9.89. The summed E-state index contributed by atoms with van der Waals surface area (Å²) in [6.07, 6.45) is 1.67. The van der Waals surface area contributed by atoms with Gasteiger partial charge in [0, 0.05) is 16.4 Å². The molecule has 0 spiro atoms. The van der Waals surface area contributed by atoms with Crippen LogP contribution in [0.25, 0.3) is 0 Å². The molecule has 90 valence electrons. The topological polar surface area (TPSA) is 48.7 Å². The van der Waals surface area contributed by atoms with E-state index >= 15 is 0 Å². The average Bonchev–Trinajstić information content (AvgIpc) is 2.34. The Bertz CT molecular complexity index is 606. The van der Waals surface area contributed by atoms with Crippen LogP contribution in [-0.4, -0.2) is 4.98 Å². The van der Waals surface area contributed by atoms with E-state index in [9.17, 15) is 0 Å². The van der Waals surface area contributed by atoms with Crippen LogP contribution in [0.2, 0.25) is 0 Å². The van der Waals surface area contributed by atoms with Crippen molar-refractivity contribution >= 4 is 27.4 Å². The first-order valence-electron chi connectivity index (χ1n) is 5.50. The number of nitrogens with zero attached hydrogens (tertiary/aromatic N) is 2. The Balaban J connectivity index is 2.44. The van der Waals surface area contributed by atoms with Gasteiger partial charge in [0.2, 0.25) is 0 Å². The van der Waals surface area contributed by atoms with Crippen LogP contribution >= 0.6 is 15.9 Å². The molecule has 0 fully saturated rings. The number of nitrogens with one attached hydrogen (secondary N) is 1. The highest BCUT2D eigenvalue weighted by Crippen LogP contribution is 2.28. The maximum absolute atomic E-state index is 9.04. The van der Waals surface area contributed by atoms with E-state index in [0.717, 1.165) is 21.3 Å². The fourth-order valence-corrected chi connectivity index (χ4v) is 2.51. The monoisotopic (exact) mass is 301 g/mol. The van der Waals surface area contributed by atoms with E-state index in [0.29, 0.717) is 11.4 Å². The predicted molar refractivity (Wildman–Crippen MR) is 75.9 cm³/mol. The minimum atomic E-state index is 0.541. The van der Waals surface area contributed by atoms with Crippen molar-refractivity contribution in [3.8, 4) is 6.07 Å². The van der Waals surface area contributed by atoms with E-state index in [2.05, 4.69) is 32.3 Å². The number of nitriles is 1. The van der Waals surface area contributed by atoms with E-state index < -0.39 is 0 Å². The van der Waals surface area contributed by atoms with Crippen LogP contribution in [0.15, 0.2) is 34.9 Å². The van der Waals surface area contributed by atoms with Gasteiger partial charge in [0.05, 0.1) is 5.56 Å². The molecule has 3 nitrogen and oxygen atoms in total. The minimum absolute atomic E-state index is 0.541. The van der Waals surface area contributed by atoms with E-state index in [1.165, 1.54) is 0 Å². The van der Waals surface area contributed by atoms with Crippen molar-refractivity contribution in [3.63, 3.8) is 0 Å². The number of aryl methyl sites for hydroxylation is 2. The Morgan fingerprint density at radius 1 is 1.28 bits per heavy atom. The van der Waals surface area contributed by atoms with Crippen molar-refractivity contribution in [1.82, 2.24) is 4.98 Å². The molecule has 0 aliphatic rings. The van der Waals surface area contributed by atoms with Crippen LogP contribution in [0.3, 0.4) is 0 Å². The first-order valence-corrected chi connectivity index (χ1v) is 6.30. The van der Waals surface area contributed by atoms with Crippen molar-refractivity contribution in [1.29, 1.82) is 5.26 Å². The lowest BCUT2D eigenvalue weighted by Crippen LogP contribution is -2.00. The molecule has 0 saturated heterocycles. The summed E-state index contributed by atoms with van der Waals surface area (Å²) in [4.78, 5) is 4.20. The summed E-state index contributed by atoms with van der Waals surface area (Å²) in [5.41, 5.74) is 3.75. The molecule has 1 heterocycles. The summed E-state index contributed by atoms with van der Waals surface area (Å²) in [6, 6.07) is 9.70. The molecule has 0 amide bonds. The molecule has 4 heteroatoms. The largest absolute Gasteiger partial charge is 0.339 e. The van der Waals surface area contributed by atoms with Gasteiger partial charge in [-0.1, -0.05) is 15.9 Å². The maximum atomic E-state index is 9.04. The Morgan fingerprint density at radius 2 is 1.94 bits per heavy atom. The molecule has 2 aromatic rings. The van der Waals surface area contributed by atoms with E-state index in [4.69, 9.17) is 5.26 Å². The summed E-state index contributed by atoms with van der Waals surface area (Å²) < 4.78 is 1.05. The zero-order valence-electron chi connectivity index (χ0n) is 10.2. The lowest BCUT2D eigenvalue weighted by Gasteiger charge is -2.13. The van der Waals surface area contributed by atoms with Gasteiger partial charge in [-0.2, -0.15) is 5.26 Å². The van der Waals surface area contributed by atoms with Crippen molar-refractivity contribution in [2.75, 3.05) is 5.32 Å². The third kappa shape index (κ3) is 2.52. The van der Waals surface area contributed by atoms with Gasteiger partial charge in [0.1, 0.15) is 11.9 Å². The number of pyridine rings is 1. The highest BCUT2D eigenvalue weighted by molar-refractivity contribution is 9.10. The lowest BCUT2D eigenvalue weighted by atomic mass is 10.1. The molecule has 0 aliphatic carbocycles. The molecule has 0 aliphatic heterocycles. The SMILES string of the molecule is Cc1cc(Br)cc(C)c1Nc1ncccc1C#N. The summed E-state index contributed by atoms with van der Waals surface area (Å²) in [6.45, 7) is 4.05. The quantitative estimate of drug-likeness (QED) is 0.909. The molecule has 1 aromatic carbocycles. The van der Waals surface area contributed by atoms with Gasteiger partial charge in [0.25, 0.3) is 0 Å². The smallest absolute Gasteiger partial charge is 0.148 e. The second-order valence-electron chi connectivity index (χ2n) is 4.05. The second kappa shape index (κ2) is 5.19. The molecular weight excluding hydrogens is 290 g/mol. The Morgan fingerprint density at radius 3 is 2.56 bits per heavy atom. The second-order valence-corrected chi connectivity index (χ2v) is 4.97. The third-order valence-electron chi connectivity index (χ3n) is 2.67. The highest BCUT2D eigenvalue weighted by Gasteiger charge is 2.08. The van der Waals surface area contributed by atoms with Crippen molar-refractivity contribution < 1.29 is 0 Å². The van der Waals surface area contributed by atoms with Gasteiger partial charge in [0.15, 0.2) is 0 Å². The van der Waals surface area contributed by atoms with Crippen LogP contribution in [0.5, 0.6) is 0 Å². The fourth-order valence-electron chi connectivity index (χ4n) is 1.82. The molecule has 0 saturated carbocycles. The van der Waals surface area contributed by atoms with Gasteiger partial charge in [-0.3, -0.25) is 0 Å². The molecule has 0 radical (unpaired) electrons.